The zero-order valence-electron chi connectivity index (χ0n) is 13.5. The lowest BCUT2D eigenvalue weighted by Gasteiger charge is -2.10. The van der Waals surface area contributed by atoms with Crippen LogP contribution in [0.2, 0.25) is 0 Å². The molecule has 0 bridgehead atoms. The molecule has 3 rings (SSSR count). The minimum absolute atomic E-state index is 0.129. The number of carbonyl (C=O) groups excluding carboxylic acids is 1. The van der Waals surface area contributed by atoms with Gasteiger partial charge >= 0.3 is 0 Å². The number of hydrogen-bond acceptors (Lipinski definition) is 2. The lowest BCUT2D eigenvalue weighted by molar-refractivity contribution is -0.117. The lowest BCUT2D eigenvalue weighted by atomic mass is 10.0. The van der Waals surface area contributed by atoms with Gasteiger partial charge in [0.2, 0.25) is 5.91 Å². The molecule has 2 N–H and O–H groups in total. The van der Waals surface area contributed by atoms with E-state index >= 15 is 0 Å². The van der Waals surface area contributed by atoms with Crippen molar-refractivity contribution >= 4 is 11.6 Å². The quantitative estimate of drug-likeness (QED) is 0.876. The maximum atomic E-state index is 12.2. The Morgan fingerprint density at radius 2 is 2.14 bits per heavy atom. The predicted molar refractivity (Wildman–Crippen MR) is 88.8 cm³/mol. The number of nitrogens with zero attached hydrogens (tertiary/aromatic N) is 1. The summed E-state index contributed by atoms with van der Waals surface area (Å²) in [5, 5.41) is 10.7. The molecule has 4 nitrogen and oxygen atoms in total. The van der Waals surface area contributed by atoms with E-state index in [0.717, 1.165) is 48.3 Å². The van der Waals surface area contributed by atoms with Gasteiger partial charge in [0.1, 0.15) is 5.69 Å². The minimum Gasteiger partial charge on any atom is -0.322 e. The Balaban J connectivity index is 2.00. The van der Waals surface area contributed by atoms with E-state index in [0.29, 0.717) is 0 Å². The van der Waals surface area contributed by atoms with Gasteiger partial charge in [-0.2, -0.15) is 5.10 Å². The third kappa shape index (κ3) is 2.91. The number of H-pyrrole nitrogens is 1. The van der Waals surface area contributed by atoms with E-state index in [-0.39, 0.29) is 11.8 Å². The molecular weight excluding hydrogens is 274 g/mol. The van der Waals surface area contributed by atoms with E-state index in [4.69, 9.17) is 0 Å². The fourth-order valence-corrected chi connectivity index (χ4v) is 2.79. The smallest absolute Gasteiger partial charge is 0.227 e. The summed E-state index contributed by atoms with van der Waals surface area (Å²) in [4.78, 5) is 12.2. The summed E-state index contributed by atoms with van der Waals surface area (Å²) in [5.74, 6) is 0.320. The fraction of sp³-hybridized carbons (Fsp3) is 0.444. The number of anilines is 1. The Morgan fingerprint density at radius 3 is 2.77 bits per heavy atom. The van der Waals surface area contributed by atoms with Gasteiger partial charge in [-0.3, -0.25) is 9.89 Å². The average Bonchev–Trinajstić information content (AvgIpc) is 3.26. The molecule has 0 atom stereocenters. The van der Waals surface area contributed by atoms with Crippen molar-refractivity contribution in [3.8, 4) is 11.3 Å². The average molecular weight is 297 g/mol. The second kappa shape index (κ2) is 5.95. The van der Waals surface area contributed by atoms with Crippen LogP contribution >= 0.6 is 0 Å². The van der Waals surface area contributed by atoms with Gasteiger partial charge in [-0.05, 0) is 38.7 Å². The molecule has 1 aromatic carbocycles. The third-order valence-electron chi connectivity index (χ3n) is 4.17. The van der Waals surface area contributed by atoms with Gasteiger partial charge in [0.25, 0.3) is 0 Å². The molecule has 1 amide bonds. The molecule has 0 unspecified atom stereocenters. The Kier molecular flexibility index (Phi) is 4.01. The SMILES string of the molecule is CCCc1[nH]nc(-c2ccc(C)cc2C)c1NC(=O)C1CC1. The first kappa shape index (κ1) is 14.8. The van der Waals surface area contributed by atoms with Crippen LogP contribution in [0.5, 0.6) is 0 Å². The fourth-order valence-electron chi connectivity index (χ4n) is 2.79. The summed E-state index contributed by atoms with van der Waals surface area (Å²) in [6.45, 7) is 6.30. The topological polar surface area (TPSA) is 57.8 Å². The molecule has 1 heterocycles. The Hall–Kier alpha value is -2.10. The summed E-state index contributed by atoms with van der Waals surface area (Å²) >= 11 is 0. The van der Waals surface area contributed by atoms with Crippen LogP contribution in [0.3, 0.4) is 0 Å². The number of benzene rings is 1. The molecule has 22 heavy (non-hydrogen) atoms. The zero-order chi connectivity index (χ0) is 15.7. The van der Waals surface area contributed by atoms with E-state index in [9.17, 15) is 4.79 Å². The second-order valence-corrected chi connectivity index (χ2v) is 6.26. The van der Waals surface area contributed by atoms with Crippen molar-refractivity contribution in [3.05, 3.63) is 35.0 Å². The molecule has 116 valence electrons. The lowest BCUT2D eigenvalue weighted by Crippen LogP contribution is -2.14. The highest BCUT2D eigenvalue weighted by Crippen LogP contribution is 2.35. The molecule has 0 radical (unpaired) electrons. The van der Waals surface area contributed by atoms with Crippen molar-refractivity contribution in [1.29, 1.82) is 0 Å². The number of hydrogen-bond donors (Lipinski definition) is 2. The van der Waals surface area contributed by atoms with Gasteiger partial charge in [0.15, 0.2) is 0 Å². The first-order chi connectivity index (χ1) is 10.6. The minimum atomic E-state index is 0.129. The number of rotatable bonds is 5. The van der Waals surface area contributed by atoms with Crippen molar-refractivity contribution in [1.82, 2.24) is 10.2 Å². The highest BCUT2D eigenvalue weighted by Gasteiger charge is 2.31. The van der Waals surface area contributed by atoms with Crippen LogP contribution < -0.4 is 5.32 Å². The van der Waals surface area contributed by atoms with Gasteiger partial charge in [0.05, 0.1) is 11.4 Å². The molecule has 0 saturated heterocycles. The Labute approximate surface area is 131 Å². The maximum Gasteiger partial charge on any atom is 0.227 e. The van der Waals surface area contributed by atoms with E-state index in [1.54, 1.807) is 0 Å². The van der Waals surface area contributed by atoms with Crippen molar-refractivity contribution in [3.63, 3.8) is 0 Å². The monoisotopic (exact) mass is 297 g/mol. The van der Waals surface area contributed by atoms with Gasteiger partial charge < -0.3 is 5.32 Å². The van der Waals surface area contributed by atoms with Crippen molar-refractivity contribution < 1.29 is 4.79 Å². The van der Waals surface area contributed by atoms with Crippen LogP contribution in [-0.2, 0) is 11.2 Å². The van der Waals surface area contributed by atoms with E-state index in [1.165, 1.54) is 11.1 Å². The zero-order valence-corrected chi connectivity index (χ0v) is 13.5. The van der Waals surface area contributed by atoms with E-state index < -0.39 is 0 Å². The predicted octanol–water partition coefficient (Wildman–Crippen LogP) is 3.99. The van der Waals surface area contributed by atoms with Crippen LogP contribution in [0.25, 0.3) is 11.3 Å². The summed E-state index contributed by atoms with van der Waals surface area (Å²) in [6.07, 6.45) is 3.91. The molecule has 4 heteroatoms. The highest BCUT2D eigenvalue weighted by atomic mass is 16.2. The normalized spacial score (nSPS) is 14.1. The van der Waals surface area contributed by atoms with Gasteiger partial charge in [-0.15, -0.1) is 0 Å². The standard InChI is InChI=1S/C18H23N3O/c1-4-5-15-17(19-18(22)13-7-8-13)16(21-20-15)14-9-6-11(2)10-12(14)3/h6,9-10,13H,4-5,7-8H2,1-3H3,(H,19,22)(H,20,21). The van der Waals surface area contributed by atoms with Crippen LogP contribution in [0.1, 0.15) is 43.0 Å². The largest absolute Gasteiger partial charge is 0.322 e. The molecule has 0 aliphatic heterocycles. The summed E-state index contributed by atoms with van der Waals surface area (Å²) in [6, 6.07) is 6.32. The molecule has 1 aliphatic rings. The maximum absolute atomic E-state index is 12.2. The van der Waals surface area contributed by atoms with E-state index in [1.807, 2.05) is 0 Å². The third-order valence-corrected chi connectivity index (χ3v) is 4.17. The number of aromatic nitrogens is 2. The van der Waals surface area contributed by atoms with Crippen LogP contribution in [0, 0.1) is 19.8 Å². The van der Waals surface area contributed by atoms with Gasteiger partial charge in [0, 0.05) is 11.5 Å². The molecule has 1 aliphatic carbocycles. The molecular formula is C18H23N3O. The van der Waals surface area contributed by atoms with Crippen LogP contribution in [0.4, 0.5) is 5.69 Å². The number of nitrogens with one attached hydrogen (secondary N) is 2. The Morgan fingerprint density at radius 1 is 1.36 bits per heavy atom. The molecule has 0 spiro atoms. The molecule has 1 saturated carbocycles. The van der Waals surface area contributed by atoms with Crippen molar-refractivity contribution in [2.45, 2.75) is 46.5 Å². The highest BCUT2D eigenvalue weighted by molar-refractivity contribution is 5.98. The number of aryl methyl sites for hydroxylation is 3. The molecule has 1 fully saturated rings. The number of amides is 1. The van der Waals surface area contributed by atoms with E-state index in [2.05, 4.69) is 54.5 Å². The first-order valence-electron chi connectivity index (χ1n) is 8.06. The Bertz CT molecular complexity index is 698. The number of carbonyl (C=O) groups is 1. The molecule has 1 aromatic heterocycles. The second-order valence-electron chi connectivity index (χ2n) is 6.26. The first-order valence-corrected chi connectivity index (χ1v) is 8.06. The summed E-state index contributed by atoms with van der Waals surface area (Å²) < 4.78 is 0. The summed E-state index contributed by atoms with van der Waals surface area (Å²) in [5.41, 5.74) is 6.23. The van der Waals surface area contributed by atoms with Crippen molar-refractivity contribution in [2.75, 3.05) is 5.32 Å². The van der Waals surface area contributed by atoms with Crippen molar-refractivity contribution in [2.24, 2.45) is 5.92 Å². The van der Waals surface area contributed by atoms with Gasteiger partial charge in [-0.25, -0.2) is 0 Å². The number of aromatic amines is 1. The van der Waals surface area contributed by atoms with Gasteiger partial charge in [-0.1, -0.05) is 37.1 Å². The summed E-state index contributed by atoms with van der Waals surface area (Å²) in [7, 11) is 0. The van der Waals surface area contributed by atoms with Crippen LogP contribution in [-0.4, -0.2) is 16.1 Å². The molecule has 2 aromatic rings. The van der Waals surface area contributed by atoms with Crippen LogP contribution in [0.15, 0.2) is 18.2 Å².